The molecular weight excluding hydrogens is 270 g/mol. The van der Waals surface area contributed by atoms with E-state index in [-0.39, 0.29) is 18.1 Å². The van der Waals surface area contributed by atoms with Crippen molar-refractivity contribution in [1.82, 2.24) is 5.32 Å². The Kier molecular flexibility index (Phi) is 7.10. The van der Waals surface area contributed by atoms with E-state index in [4.69, 9.17) is 0 Å². The number of hydrogen-bond acceptors (Lipinski definition) is 3. The van der Waals surface area contributed by atoms with Crippen LogP contribution in [-0.4, -0.2) is 28.9 Å². The molecule has 0 saturated heterocycles. The highest BCUT2D eigenvalue weighted by atomic mass is 32.2. The summed E-state index contributed by atoms with van der Waals surface area (Å²) in [6, 6.07) is 6.39. The molecule has 3 nitrogen and oxygen atoms in total. The van der Waals surface area contributed by atoms with Gasteiger partial charge in [0, 0.05) is 23.1 Å². The molecule has 1 aromatic carbocycles. The zero-order chi connectivity index (χ0) is 15.1. The van der Waals surface area contributed by atoms with Crippen molar-refractivity contribution in [2.24, 2.45) is 0 Å². The predicted octanol–water partition coefficient (Wildman–Crippen LogP) is 3.06. The number of aliphatic hydroxyl groups is 1. The van der Waals surface area contributed by atoms with Crippen LogP contribution in [0.4, 0.5) is 0 Å². The predicted molar refractivity (Wildman–Crippen MR) is 85.2 cm³/mol. The lowest BCUT2D eigenvalue weighted by molar-refractivity contribution is -0.121. The van der Waals surface area contributed by atoms with Crippen LogP contribution >= 0.6 is 11.8 Å². The number of carbonyl (C=O) groups is 1. The zero-order valence-corrected chi connectivity index (χ0v) is 13.6. The van der Waals surface area contributed by atoms with Crippen molar-refractivity contribution < 1.29 is 9.90 Å². The monoisotopic (exact) mass is 295 g/mol. The first kappa shape index (κ1) is 17.1. The van der Waals surface area contributed by atoms with E-state index in [1.165, 1.54) is 16.0 Å². The van der Waals surface area contributed by atoms with Crippen molar-refractivity contribution in [1.29, 1.82) is 0 Å². The number of nitrogens with one attached hydrogen (secondary N) is 1. The van der Waals surface area contributed by atoms with Crippen LogP contribution in [0.15, 0.2) is 23.1 Å². The molecule has 0 saturated carbocycles. The molecule has 0 fully saturated rings. The van der Waals surface area contributed by atoms with Crippen LogP contribution in [-0.2, 0) is 4.79 Å². The highest BCUT2D eigenvalue weighted by Gasteiger charge is 2.09. The molecule has 1 rings (SSSR count). The molecule has 0 radical (unpaired) electrons. The molecule has 0 aliphatic heterocycles. The minimum absolute atomic E-state index is 0.0223. The molecule has 0 aliphatic carbocycles. The van der Waals surface area contributed by atoms with Crippen molar-refractivity contribution in [2.45, 2.75) is 57.6 Å². The standard InChI is InChI=1S/C16H25NO2S/c1-11-5-6-15(9-12(11)2)20-8-7-16(19)17-13(3)10-14(4)18/h5-6,9,13-14,18H,7-8,10H2,1-4H3,(H,17,19). The highest BCUT2D eigenvalue weighted by Crippen LogP contribution is 2.21. The van der Waals surface area contributed by atoms with Gasteiger partial charge in [-0.1, -0.05) is 6.07 Å². The number of hydrogen-bond donors (Lipinski definition) is 2. The third kappa shape index (κ3) is 6.44. The van der Waals surface area contributed by atoms with Crippen LogP contribution in [0.5, 0.6) is 0 Å². The van der Waals surface area contributed by atoms with E-state index in [1.54, 1.807) is 18.7 Å². The molecule has 0 heterocycles. The summed E-state index contributed by atoms with van der Waals surface area (Å²) in [6.45, 7) is 7.85. The zero-order valence-electron chi connectivity index (χ0n) is 12.8. The lowest BCUT2D eigenvalue weighted by Crippen LogP contribution is -2.34. The van der Waals surface area contributed by atoms with Gasteiger partial charge in [-0.3, -0.25) is 4.79 Å². The van der Waals surface area contributed by atoms with E-state index in [2.05, 4.69) is 37.4 Å². The average Bonchev–Trinajstić information content (AvgIpc) is 2.32. The smallest absolute Gasteiger partial charge is 0.221 e. The molecule has 2 N–H and O–H groups in total. The van der Waals surface area contributed by atoms with Crippen LogP contribution in [0, 0.1) is 13.8 Å². The van der Waals surface area contributed by atoms with Gasteiger partial charge in [0.15, 0.2) is 0 Å². The molecule has 1 amide bonds. The van der Waals surface area contributed by atoms with Crippen LogP contribution in [0.25, 0.3) is 0 Å². The Labute approximate surface area is 126 Å². The number of aliphatic hydroxyl groups excluding tert-OH is 1. The quantitative estimate of drug-likeness (QED) is 0.760. The Bertz CT molecular complexity index is 446. The number of amides is 1. The van der Waals surface area contributed by atoms with E-state index < -0.39 is 0 Å². The molecule has 4 heteroatoms. The lowest BCUT2D eigenvalue weighted by Gasteiger charge is -2.15. The molecule has 0 spiro atoms. The van der Waals surface area contributed by atoms with Gasteiger partial charge >= 0.3 is 0 Å². The first-order chi connectivity index (χ1) is 9.38. The SMILES string of the molecule is Cc1ccc(SCCC(=O)NC(C)CC(C)O)cc1C. The number of thioether (sulfide) groups is 1. The molecule has 2 unspecified atom stereocenters. The van der Waals surface area contributed by atoms with Gasteiger partial charge in [-0.25, -0.2) is 0 Å². The van der Waals surface area contributed by atoms with Crippen LogP contribution in [0.2, 0.25) is 0 Å². The highest BCUT2D eigenvalue weighted by molar-refractivity contribution is 7.99. The summed E-state index contributed by atoms with van der Waals surface area (Å²) in [7, 11) is 0. The second-order valence-corrected chi connectivity index (χ2v) is 6.57. The second kappa shape index (κ2) is 8.32. The van der Waals surface area contributed by atoms with E-state index >= 15 is 0 Å². The minimum atomic E-state index is -0.379. The number of benzene rings is 1. The topological polar surface area (TPSA) is 49.3 Å². The Morgan fingerprint density at radius 1 is 1.30 bits per heavy atom. The van der Waals surface area contributed by atoms with Gasteiger partial charge in [-0.15, -0.1) is 11.8 Å². The van der Waals surface area contributed by atoms with Gasteiger partial charge in [-0.2, -0.15) is 0 Å². The van der Waals surface area contributed by atoms with Gasteiger partial charge in [0.25, 0.3) is 0 Å². The number of aryl methyl sites for hydroxylation is 2. The Morgan fingerprint density at radius 2 is 2.00 bits per heavy atom. The lowest BCUT2D eigenvalue weighted by atomic mass is 10.1. The van der Waals surface area contributed by atoms with E-state index in [0.29, 0.717) is 12.8 Å². The Morgan fingerprint density at radius 3 is 2.60 bits per heavy atom. The van der Waals surface area contributed by atoms with Gasteiger partial charge < -0.3 is 10.4 Å². The molecule has 0 aliphatic rings. The van der Waals surface area contributed by atoms with Crippen molar-refractivity contribution in [3.8, 4) is 0 Å². The van der Waals surface area contributed by atoms with Crippen molar-refractivity contribution in [2.75, 3.05) is 5.75 Å². The summed E-state index contributed by atoms with van der Waals surface area (Å²) in [5.74, 6) is 0.824. The maximum Gasteiger partial charge on any atom is 0.221 e. The third-order valence-corrected chi connectivity index (χ3v) is 4.17. The number of carbonyl (C=O) groups excluding carboxylic acids is 1. The molecule has 0 bridgehead atoms. The molecule has 20 heavy (non-hydrogen) atoms. The minimum Gasteiger partial charge on any atom is -0.393 e. The number of rotatable bonds is 7. The van der Waals surface area contributed by atoms with Crippen LogP contribution in [0.3, 0.4) is 0 Å². The summed E-state index contributed by atoms with van der Waals surface area (Å²) in [6.07, 6.45) is 0.716. The van der Waals surface area contributed by atoms with Gasteiger partial charge in [0.1, 0.15) is 0 Å². The fourth-order valence-corrected chi connectivity index (χ4v) is 2.93. The normalized spacial score (nSPS) is 13.8. The molecule has 2 atom stereocenters. The third-order valence-electron chi connectivity index (χ3n) is 3.18. The Balaban J connectivity index is 2.29. The van der Waals surface area contributed by atoms with Crippen molar-refractivity contribution >= 4 is 17.7 Å². The van der Waals surface area contributed by atoms with Crippen LogP contribution in [0.1, 0.15) is 37.8 Å². The van der Waals surface area contributed by atoms with E-state index in [0.717, 1.165) is 5.75 Å². The van der Waals surface area contributed by atoms with Crippen LogP contribution < -0.4 is 5.32 Å². The van der Waals surface area contributed by atoms with Crippen molar-refractivity contribution in [3.05, 3.63) is 29.3 Å². The average molecular weight is 295 g/mol. The summed E-state index contributed by atoms with van der Waals surface area (Å²) in [4.78, 5) is 12.9. The molecular formula is C16H25NO2S. The first-order valence-corrected chi connectivity index (χ1v) is 8.04. The van der Waals surface area contributed by atoms with E-state index in [9.17, 15) is 9.90 Å². The molecule has 1 aromatic rings. The first-order valence-electron chi connectivity index (χ1n) is 7.06. The fourth-order valence-electron chi connectivity index (χ4n) is 1.98. The largest absolute Gasteiger partial charge is 0.393 e. The van der Waals surface area contributed by atoms with Gasteiger partial charge in [0.2, 0.25) is 5.91 Å². The maximum atomic E-state index is 11.7. The summed E-state index contributed by atoms with van der Waals surface area (Å²) in [5.41, 5.74) is 2.57. The van der Waals surface area contributed by atoms with Crippen molar-refractivity contribution in [3.63, 3.8) is 0 Å². The molecule has 0 aromatic heterocycles. The summed E-state index contributed by atoms with van der Waals surface area (Å²) >= 11 is 1.70. The van der Waals surface area contributed by atoms with E-state index in [1.807, 2.05) is 6.92 Å². The molecule has 112 valence electrons. The summed E-state index contributed by atoms with van der Waals surface area (Å²) < 4.78 is 0. The second-order valence-electron chi connectivity index (χ2n) is 5.40. The maximum absolute atomic E-state index is 11.7. The van der Waals surface area contributed by atoms with Gasteiger partial charge in [0.05, 0.1) is 6.10 Å². The summed E-state index contributed by atoms with van der Waals surface area (Å²) in [5, 5.41) is 12.2. The Hall–Kier alpha value is -1.00. The van der Waals surface area contributed by atoms with Gasteiger partial charge in [-0.05, 0) is 57.4 Å². The fraction of sp³-hybridized carbons (Fsp3) is 0.562.